The number of hydrogen-bond donors (Lipinski definition) is 1. The van der Waals surface area contributed by atoms with E-state index in [1.54, 1.807) is 18.2 Å². The van der Waals surface area contributed by atoms with Crippen LogP contribution in [-0.4, -0.2) is 17.4 Å². The van der Waals surface area contributed by atoms with E-state index in [0.717, 1.165) is 0 Å². The molecule has 0 unspecified atom stereocenters. The highest BCUT2D eigenvalue weighted by Gasteiger charge is 2.05. The van der Waals surface area contributed by atoms with E-state index in [2.05, 4.69) is 11.8 Å². The Hall–Kier alpha value is -1.79. The molecule has 0 saturated carbocycles. The number of carbonyl (C=O) groups is 2. The predicted octanol–water partition coefficient (Wildman–Crippen LogP) is 1.91. The number of aliphatic carboxylic acids is 1. The van der Waals surface area contributed by atoms with E-state index in [1.807, 2.05) is 0 Å². The Morgan fingerprint density at radius 2 is 2.25 bits per heavy atom. The number of benzene rings is 1. The van der Waals surface area contributed by atoms with Gasteiger partial charge in [-0.25, -0.2) is 0 Å². The molecule has 0 amide bonds. The number of carbonyl (C=O) groups excluding carboxylic acids is 1. The van der Waals surface area contributed by atoms with Gasteiger partial charge in [-0.05, 0) is 17.7 Å². The molecule has 0 saturated heterocycles. The van der Waals surface area contributed by atoms with Crippen molar-refractivity contribution in [2.45, 2.75) is 12.8 Å². The van der Waals surface area contributed by atoms with Gasteiger partial charge in [-0.2, -0.15) is 0 Å². The largest absolute Gasteiger partial charge is 0.481 e. The molecule has 0 aliphatic heterocycles. The molecule has 0 spiro atoms. The fraction of sp³-hybridized carbons (Fsp3) is 0.167. The number of hydrogen-bond acceptors (Lipinski definition) is 2. The Balaban J connectivity index is 3.04. The molecule has 0 aliphatic rings. The van der Waals surface area contributed by atoms with E-state index in [1.165, 1.54) is 0 Å². The summed E-state index contributed by atoms with van der Waals surface area (Å²) in [7, 11) is 0. The molecular formula is C12H9ClO3. The SMILES string of the molecule is O=CCC#Cc1cc(Cl)ccc1CC(=O)O. The quantitative estimate of drug-likeness (QED) is 0.644. The van der Waals surface area contributed by atoms with E-state index < -0.39 is 5.97 Å². The lowest BCUT2D eigenvalue weighted by Crippen LogP contribution is -2.02. The van der Waals surface area contributed by atoms with Crippen LogP contribution in [0.2, 0.25) is 5.02 Å². The third-order valence-corrected chi connectivity index (χ3v) is 2.06. The zero-order valence-electron chi connectivity index (χ0n) is 8.37. The smallest absolute Gasteiger partial charge is 0.307 e. The minimum atomic E-state index is -0.930. The van der Waals surface area contributed by atoms with E-state index >= 15 is 0 Å². The number of halogens is 1. The number of carboxylic acids is 1. The van der Waals surface area contributed by atoms with Gasteiger partial charge in [0.25, 0.3) is 0 Å². The van der Waals surface area contributed by atoms with Crippen LogP contribution in [-0.2, 0) is 16.0 Å². The Morgan fingerprint density at radius 1 is 1.50 bits per heavy atom. The van der Waals surface area contributed by atoms with Crippen molar-refractivity contribution < 1.29 is 14.7 Å². The summed E-state index contributed by atoms with van der Waals surface area (Å²) in [6.07, 6.45) is 0.704. The minimum absolute atomic E-state index is 0.109. The summed E-state index contributed by atoms with van der Waals surface area (Å²) in [5.74, 6) is 4.42. The molecule has 0 heterocycles. The van der Waals surface area contributed by atoms with E-state index in [9.17, 15) is 9.59 Å². The summed E-state index contributed by atoms with van der Waals surface area (Å²) in [6, 6.07) is 4.84. The molecule has 4 heteroatoms. The lowest BCUT2D eigenvalue weighted by Gasteiger charge is -2.01. The normalized spacial score (nSPS) is 9.06. The highest BCUT2D eigenvalue weighted by atomic mass is 35.5. The fourth-order valence-electron chi connectivity index (χ4n) is 1.17. The second-order valence-electron chi connectivity index (χ2n) is 3.04. The van der Waals surface area contributed by atoms with Crippen molar-refractivity contribution >= 4 is 23.9 Å². The van der Waals surface area contributed by atoms with E-state index in [0.29, 0.717) is 22.4 Å². The predicted molar refractivity (Wildman–Crippen MR) is 60.4 cm³/mol. The zero-order chi connectivity index (χ0) is 12.0. The van der Waals surface area contributed by atoms with Crippen molar-refractivity contribution in [2.75, 3.05) is 0 Å². The Kier molecular flexibility index (Phi) is 4.56. The lowest BCUT2D eigenvalue weighted by atomic mass is 10.0. The molecule has 82 valence electrons. The van der Waals surface area contributed by atoms with Gasteiger partial charge >= 0.3 is 5.97 Å². The number of rotatable bonds is 3. The third-order valence-electron chi connectivity index (χ3n) is 1.82. The van der Waals surface area contributed by atoms with Crippen LogP contribution in [0.25, 0.3) is 0 Å². The van der Waals surface area contributed by atoms with Gasteiger partial charge in [0.15, 0.2) is 0 Å². The maximum absolute atomic E-state index is 10.6. The van der Waals surface area contributed by atoms with Crippen LogP contribution >= 0.6 is 11.6 Å². The first kappa shape index (κ1) is 12.3. The monoisotopic (exact) mass is 236 g/mol. The average Bonchev–Trinajstić information content (AvgIpc) is 2.22. The van der Waals surface area contributed by atoms with Crippen molar-refractivity contribution in [3.63, 3.8) is 0 Å². The molecule has 1 aromatic rings. The average molecular weight is 237 g/mol. The molecule has 3 nitrogen and oxygen atoms in total. The standard InChI is InChI=1S/C12H9ClO3/c13-11-5-4-10(8-12(15)16)9(7-11)3-1-2-6-14/h4-7H,2,8H2,(H,15,16). The summed E-state index contributed by atoms with van der Waals surface area (Å²) in [5.41, 5.74) is 1.15. The molecule has 16 heavy (non-hydrogen) atoms. The van der Waals surface area contributed by atoms with Gasteiger partial charge in [-0.15, -0.1) is 0 Å². The van der Waals surface area contributed by atoms with Gasteiger partial charge in [0.05, 0.1) is 12.8 Å². The summed E-state index contributed by atoms with van der Waals surface area (Å²) in [4.78, 5) is 20.7. The molecule has 0 fully saturated rings. The van der Waals surface area contributed by atoms with Crippen LogP contribution in [0.3, 0.4) is 0 Å². The van der Waals surface area contributed by atoms with Gasteiger partial charge in [0, 0.05) is 10.6 Å². The minimum Gasteiger partial charge on any atom is -0.481 e. The molecule has 0 aliphatic carbocycles. The molecular weight excluding hydrogens is 228 g/mol. The van der Waals surface area contributed by atoms with Crippen molar-refractivity contribution in [2.24, 2.45) is 0 Å². The van der Waals surface area contributed by atoms with Crippen molar-refractivity contribution in [3.05, 3.63) is 34.3 Å². The van der Waals surface area contributed by atoms with Crippen LogP contribution in [0.15, 0.2) is 18.2 Å². The second kappa shape index (κ2) is 5.94. The molecule has 1 rings (SSSR count). The van der Waals surface area contributed by atoms with E-state index in [4.69, 9.17) is 16.7 Å². The lowest BCUT2D eigenvalue weighted by molar-refractivity contribution is -0.136. The van der Waals surface area contributed by atoms with Crippen molar-refractivity contribution in [3.8, 4) is 11.8 Å². The zero-order valence-corrected chi connectivity index (χ0v) is 9.12. The fourth-order valence-corrected chi connectivity index (χ4v) is 1.34. The first-order valence-electron chi connectivity index (χ1n) is 4.56. The van der Waals surface area contributed by atoms with Crippen molar-refractivity contribution in [1.29, 1.82) is 0 Å². The third kappa shape index (κ3) is 3.76. The van der Waals surface area contributed by atoms with Crippen LogP contribution in [0.5, 0.6) is 0 Å². The molecule has 0 radical (unpaired) electrons. The summed E-state index contributed by atoms with van der Waals surface area (Å²) in [6.45, 7) is 0. The Labute approximate surface area is 98.0 Å². The number of aldehydes is 1. The first-order chi connectivity index (χ1) is 7.63. The summed E-state index contributed by atoms with van der Waals surface area (Å²) >= 11 is 5.78. The van der Waals surface area contributed by atoms with Crippen LogP contribution in [0.4, 0.5) is 0 Å². The molecule has 1 N–H and O–H groups in total. The maximum Gasteiger partial charge on any atom is 0.307 e. The second-order valence-corrected chi connectivity index (χ2v) is 3.48. The first-order valence-corrected chi connectivity index (χ1v) is 4.94. The van der Waals surface area contributed by atoms with Gasteiger partial charge in [0.2, 0.25) is 0 Å². The Morgan fingerprint density at radius 3 is 2.88 bits per heavy atom. The van der Waals surface area contributed by atoms with Crippen molar-refractivity contribution in [1.82, 2.24) is 0 Å². The molecule has 0 aromatic heterocycles. The van der Waals surface area contributed by atoms with Gasteiger partial charge < -0.3 is 9.90 Å². The van der Waals surface area contributed by atoms with Gasteiger partial charge in [-0.3, -0.25) is 4.79 Å². The van der Waals surface area contributed by atoms with Crippen LogP contribution in [0.1, 0.15) is 17.5 Å². The highest BCUT2D eigenvalue weighted by Crippen LogP contribution is 2.16. The van der Waals surface area contributed by atoms with Crippen LogP contribution in [0, 0.1) is 11.8 Å². The number of carboxylic acid groups (broad SMARTS) is 1. The van der Waals surface area contributed by atoms with E-state index in [-0.39, 0.29) is 12.8 Å². The topological polar surface area (TPSA) is 54.4 Å². The molecule has 0 atom stereocenters. The summed E-state index contributed by atoms with van der Waals surface area (Å²) < 4.78 is 0. The Bertz CT molecular complexity index is 469. The molecule has 0 bridgehead atoms. The van der Waals surface area contributed by atoms with Crippen LogP contribution < -0.4 is 0 Å². The van der Waals surface area contributed by atoms with Gasteiger partial charge in [-0.1, -0.05) is 29.5 Å². The maximum atomic E-state index is 10.6. The molecule has 1 aromatic carbocycles. The summed E-state index contributed by atoms with van der Waals surface area (Å²) in [5, 5.41) is 9.19. The van der Waals surface area contributed by atoms with Gasteiger partial charge in [0.1, 0.15) is 6.29 Å². The highest BCUT2D eigenvalue weighted by molar-refractivity contribution is 6.30.